The van der Waals surface area contributed by atoms with Crippen LogP contribution < -0.4 is 5.32 Å². The summed E-state index contributed by atoms with van der Waals surface area (Å²) in [6.45, 7) is 3.95. The van der Waals surface area contributed by atoms with Gasteiger partial charge in [0, 0.05) is 31.6 Å². The van der Waals surface area contributed by atoms with Crippen molar-refractivity contribution in [2.75, 3.05) is 6.61 Å². The van der Waals surface area contributed by atoms with Gasteiger partial charge in [-0.05, 0) is 37.5 Å². The Labute approximate surface area is 90.9 Å². The van der Waals surface area contributed by atoms with Crippen molar-refractivity contribution >= 4 is 0 Å². The fraction of sp³-hybridized carbons (Fsp3) is 0.583. The highest BCUT2D eigenvalue weighted by Gasteiger charge is 2.18. The summed E-state index contributed by atoms with van der Waals surface area (Å²) < 4.78 is 5.51. The minimum Gasteiger partial charge on any atom is -0.378 e. The molecule has 1 fully saturated rings. The first-order valence-corrected chi connectivity index (χ1v) is 5.58. The Morgan fingerprint density at radius 2 is 2.27 bits per heavy atom. The Bertz CT molecular complexity index is 289. The maximum Gasteiger partial charge on any atom is 0.0561 e. The van der Waals surface area contributed by atoms with Gasteiger partial charge in [-0.3, -0.25) is 4.98 Å². The van der Waals surface area contributed by atoms with E-state index in [0.29, 0.717) is 12.1 Å². The van der Waals surface area contributed by atoms with Gasteiger partial charge in [-0.15, -0.1) is 0 Å². The van der Waals surface area contributed by atoms with E-state index in [1.807, 2.05) is 12.4 Å². The standard InChI is InChI=1S/C12H18N2O/c1-10-8-12(4-7-15-10)14-9-11-2-5-13-6-3-11/h2-3,5-6,10,12,14H,4,7-9H2,1H3. The topological polar surface area (TPSA) is 34.2 Å². The molecule has 0 spiro atoms. The number of nitrogens with one attached hydrogen (secondary N) is 1. The average molecular weight is 206 g/mol. The maximum atomic E-state index is 5.51. The summed E-state index contributed by atoms with van der Waals surface area (Å²) in [4.78, 5) is 4.00. The van der Waals surface area contributed by atoms with E-state index in [9.17, 15) is 0 Å². The molecule has 1 saturated heterocycles. The van der Waals surface area contributed by atoms with Crippen molar-refractivity contribution in [3.63, 3.8) is 0 Å². The molecule has 1 N–H and O–H groups in total. The van der Waals surface area contributed by atoms with Gasteiger partial charge in [0.2, 0.25) is 0 Å². The molecule has 2 unspecified atom stereocenters. The third-order valence-electron chi connectivity index (χ3n) is 2.83. The predicted octanol–water partition coefficient (Wildman–Crippen LogP) is 1.74. The highest BCUT2D eigenvalue weighted by Crippen LogP contribution is 2.13. The van der Waals surface area contributed by atoms with Crippen LogP contribution in [-0.2, 0) is 11.3 Å². The summed E-state index contributed by atoms with van der Waals surface area (Å²) >= 11 is 0. The second-order valence-corrected chi connectivity index (χ2v) is 4.14. The molecule has 2 atom stereocenters. The van der Waals surface area contributed by atoms with Gasteiger partial charge in [-0.25, -0.2) is 0 Å². The van der Waals surface area contributed by atoms with E-state index >= 15 is 0 Å². The molecule has 15 heavy (non-hydrogen) atoms. The van der Waals surface area contributed by atoms with Gasteiger partial charge in [-0.2, -0.15) is 0 Å². The smallest absolute Gasteiger partial charge is 0.0561 e. The molecular weight excluding hydrogens is 188 g/mol. The second kappa shape index (κ2) is 5.24. The lowest BCUT2D eigenvalue weighted by molar-refractivity contribution is 0.0130. The number of hydrogen-bond donors (Lipinski definition) is 1. The zero-order valence-corrected chi connectivity index (χ0v) is 9.15. The predicted molar refractivity (Wildman–Crippen MR) is 59.5 cm³/mol. The van der Waals surface area contributed by atoms with Gasteiger partial charge in [0.15, 0.2) is 0 Å². The molecule has 1 aromatic heterocycles. The number of pyridine rings is 1. The summed E-state index contributed by atoms with van der Waals surface area (Å²) in [6, 6.07) is 4.70. The summed E-state index contributed by atoms with van der Waals surface area (Å²) in [7, 11) is 0. The van der Waals surface area contributed by atoms with Crippen LogP contribution in [0.3, 0.4) is 0 Å². The fourth-order valence-corrected chi connectivity index (χ4v) is 1.95. The quantitative estimate of drug-likeness (QED) is 0.818. The number of ether oxygens (including phenoxy) is 1. The lowest BCUT2D eigenvalue weighted by atomic mass is 10.0. The van der Waals surface area contributed by atoms with Crippen molar-refractivity contribution in [2.24, 2.45) is 0 Å². The number of hydrogen-bond acceptors (Lipinski definition) is 3. The SMILES string of the molecule is CC1CC(NCc2ccncc2)CCO1. The zero-order valence-electron chi connectivity index (χ0n) is 9.15. The third kappa shape index (κ3) is 3.29. The van der Waals surface area contributed by atoms with E-state index in [1.54, 1.807) is 0 Å². The Morgan fingerprint density at radius 1 is 1.47 bits per heavy atom. The monoisotopic (exact) mass is 206 g/mol. The van der Waals surface area contributed by atoms with Crippen molar-refractivity contribution in [1.29, 1.82) is 0 Å². The van der Waals surface area contributed by atoms with E-state index in [2.05, 4.69) is 29.4 Å². The zero-order chi connectivity index (χ0) is 10.5. The largest absolute Gasteiger partial charge is 0.378 e. The van der Waals surface area contributed by atoms with Crippen molar-refractivity contribution < 1.29 is 4.74 Å². The van der Waals surface area contributed by atoms with E-state index in [4.69, 9.17) is 4.74 Å². The van der Waals surface area contributed by atoms with Crippen LogP contribution in [0.5, 0.6) is 0 Å². The summed E-state index contributed by atoms with van der Waals surface area (Å²) in [6.07, 6.45) is 6.31. The highest BCUT2D eigenvalue weighted by atomic mass is 16.5. The first-order valence-electron chi connectivity index (χ1n) is 5.58. The van der Waals surface area contributed by atoms with Crippen LogP contribution in [0.25, 0.3) is 0 Å². The molecule has 0 bridgehead atoms. The summed E-state index contributed by atoms with van der Waals surface area (Å²) in [5, 5.41) is 3.56. The first kappa shape index (κ1) is 10.6. The first-order chi connectivity index (χ1) is 7.34. The fourth-order valence-electron chi connectivity index (χ4n) is 1.95. The number of nitrogens with zero attached hydrogens (tertiary/aromatic N) is 1. The summed E-state index contributed by atoms with van der Waals surface area (Å²) in [5.74, 6) is 0. The maximum absolute atomic E-state index is 5.51. The Kier molecular flexibility index (Phi) is 3.69. The number of rotatable bonds is 3. The van der Waals surface area contributed by atoms with Crippen LogP contribution >= 0.6 is 0 Å². The molecule has 2 heterocycles. The van der Waals surface area contributed by atoms with Crippen LogP contribution in [0, 0.1) is 0 Å². The lowest BCUT2D eigenvalue weighted by Crippen LogP contribution is -2.37. The van der Waals surface area contributed by atoms with Crippen LogP contribution in [0.4, 0.5) is 0 Å². The van der Waals surface area contributed by atoms with Gasteiger partial charge >= 0.3 is 0 Å². The molecule has 3 nitrogen and oxygen atoms in total. The molecule has 0 aliphatic carbocycles. The van der Waals surface area contributed by atoms with E-state index in [-0.39, 0.29) is 0 Å². The molecule has 0 aromatic carbocycles. The minimum absolute atomic E-state index is 0.397. The van der Waals surface area contributed by atoms with Crippen molar-refractivity contribution in [1.82, 2.24) is 10.3 Å². The van der Waals surface area contributed by atoms with Gasteiger partial charge in [-0.1, -0.05) is 0 Å². The third-order valence-corrected chi connectivity index (χ3v) is 2.83. The molecule has 0 amide bonds. The molecule has 3 heteroatoms. The van der Waals surface area contributed by atoms with Gasteiger partial charge < -0.3 is 10.1 Å². The van der Waals surface area contributed by atoms with Crippen LogP contribution in [-0.4, -0.2) is 23.7 Å². The molecular formula is C12H18N2O. The normalized spacial score (nSPS) is 26.5. The van der Waals surface area contributed by atoms with E-state index < -0.39 is 0 Å². The second-order valence-electron chi connectivity index (χ2n) is 4.14. The molecule has 2 rings (SSSR count). The highest BCUT2D eigenvalue weighted by molar-refractivity contribution is 5.09. The molecule has 82 valence electrons. The average Bonchev–Trinajstić information content (AvgIpc) is 2.28. The van der Waals surface area contributed by atoms with Crippen LogP contribution in [0.1, 0.15) is 25.3 Å². The van der Waals surface area contributed by atoms with Gasteiger partial charge in [0.1, 0.15) is 0 Å². The van der Waals surface area contributed by atoms with Crippen molar-refractivity contribution in [3.05, 3.63) is 30.1 Å². The Hall–Kier alpha value is -0.930. The lowest BCUT2D eigenvalue weighted by Gasteiger charge is -2.28. The molecule has 1 aliphatic rings. The Morgan fingerprint density at radius 3 is 3.00 bits per heavy atom. The van der Waals surface area contributed by atoms with Crippen LogP contribution in [0.15, 0.2) is 24.5 Å². The van der Waals surface area contributed by atoms with Gasteiger partial charge in [0.05, 0.1) is 6.10 Å². The van der Waals surface area contributed by atoms with E-state index in [0.717, 1.165) is 26.0 Å². The molecule has 1 aliphatic heterocycles. The number of aromatic nitrogens is 1. The molecule has 0 saturated carbocycles. The van der Waals surface area contributed by atoms with Gasteiger partial charge in [0.25, 0.3) is 0 Å². The van der Waals surface area contributed by atoms with E-state index in [1.165, 1.54) is 5.56 Å². The van der Waals surface area contributed by atoms with Crippen molar-refractivity contribution in [3.8, 4) is 0 Å². The Balaban J connectivity index is 1.78. The molecule has 0 radical (unpaired) electrons. The molecule has 1 aromatic rings. The minimum atomic E-state index is 0.397. The van der Waals surface area contributed by atoms with Crippen molar-refractivity contribution in [2.45, 2.75) is 38.5 Å². The van der Waals surface area contributed by atoms with Crippen LogP contribution in [0.2, 0.25) is 0 Å². The summed E-state index contributed by atoms with van der Waals surface area (Å²) in [5.41, 5.74) is 1.30.